The van der Waals surface area contributed by atoms with E-state index in [1.54, 1.807) is 13.5 Å². The Hall–Kier alpha value is -1.10. The fourth-order valence-corrected chi connectivity index (χ4v) is 1.79. The van der Waals surface area contributed by atoms with Crippen LogP contribution in [0.4, 0.5) is 0 Å². The molecular formula is C9H16N3O2. The van der Waals surface area contributed by atoms with Crippen molar-refractivity contribution in [2.24, 2.45) is 5.92 Å². The van der Waals surface area contributed by atoms with Crippen molar-refractivity contribution >= 4 is 12.3 Å². The highest BCUT2D eigenvalue weighted by molar-refractivity contribution is 5.83. The Bertz CT molecular complexity index is 202. The van der Waals surface area contributed by atoms with Gasteiger partial charge in [-0.2, -0.15) is 0 Å². The summed E-state index contributed by atoms with van der Waals surface area (Å²) in [5.41, 5.74) is 0. The van der Waals surface area contributed by atoms with Gasteiger partial charge >= 0.3 is 6.41 Å². The third-order valence-electron chi connectivity index (χ3n) is 2.60. The standard InChI is InChI=1S/C9H16N3O2/c1-10-9(14)8(12-6-13)7-2-4-11-5-3-7/h7-8,11H,2-5H2,1H3,(H,10,14)(H,12,13). The van der Waals surface area contributed by atoms with E-state index in [9.17, 15) is 9.59 Å². The van der Waals surface area contributed by atoms with Crippen molar-refractivity contribution in [1.82, 2.24) is 16.0 Å². The van der Waals surface area contributed by atoms with Gasteiger partial charge in [0.1, 0.15) is 6.04 Å². The molecule has 1 saturated heterocycles. The van der Waals surface area contributed by atoms with Gasteiger partial charge in [0.25, 0.3) is 0 Å². The summed E-state index contributed by atoms with van der Waals surface area (Å²) in [6.45, 7) is 1.80. The summed E-state index contributed by atoms with van der Waals surface area (Å²) in [4.78, 5) is 21.7. The summed E-state index contributed by atoms with van der Waals surface area (Å²) >= 11 is 0. The van der Waals surface area contributed by atoms with Gasteiger partial charge in [-0.25, -0.2) is 0 Å². The lowest BCUT2D eigenvalue weighted by molar-refractivity contribution is -0.123. The Morgan fingerprint density at radius 3 is 2.64 bits per heavy atom. The lowest BCUT2D eigenvalue weighted by Crippen LogP contribution is -2.50. The van der Waals surface area contributed by atoms with E-state index < -0.39 is 6.04 Å². The Labute approximate surface area is 83.6 Å². The van der Waals surface area contributed by atoms with Crippen molar-refractivity contribution in [2.75, 3.05) is 20.1 Å². The number of likely N-dealkylation sites (N-methyl/N-ethyl adjacent to an activating group) is 1. The minimum atomic E-state index is -0.431. The first-order valence-electron chi connectivity index (χ1n) is 4.84. The third kappa shape index (κ3) is 2.70. The van der Waals surface area contributed by atoms with Crippen LogP contribution in [0.1, 0.15) is 12.8 Å². The van der Waals surface area contributed by atoms with Gasteiger partial charge in [-0.1, -0.05) is 0 Å². The Morgan fingerprint density at radius 1 is 1.50 bits per heavy atom. The quantitative estimate of drug-likeness (QED) is 0.495. The molecule has 2 amide bonds. The normalized spacial score (nSPS) is 19.8. The SMILES string of the molecule is CNC(=O)C(N[C]=O)C1CCNCC1. The first-order chi connectivity index (χ1) is 6.79. The largest absolute Gasteiger partial charge is 0.357 e. The van der Waals surface area contributed by atoms with E-state index in [1.807, 2.05) is 0 Å². The van der Waals surface area contributed by atoms with Gasteiger partial charge in [-0.15, -0.1) is 0 Å². The zero-order chi connectivity index (χ0) is 10.4. The van der Waals surface area contributed by atoms with Crippen LogP contribution in [0.3, 0.4) is 0 Å². The van der Waals surface area contributed by atoms with E-state index in [1.165, 1.54) is 0 Å². The molecule has 1 rings (SSSR count). The maximum atomic E-state index is 11.4. The summed E-state index contributed by atoms with van der Waals surface area (Å²) in [7, 11) is 1.57. The highest BCUT2D eigenvalue weighted by atomic mass is 16.2. The van der Waals surface area contributed by atoms with E-state index in [0.717, 1.165) is 25.9 Å². The molecule has 1 aliphatic rings. The Kier molecular flexibility index (Phi) is 4.39. The van der Waals surface area contributed by atoms with Crippen LogP contribution in [0.2, 0.25) is 0 Å². The highest BCUT2D eigenvalue weighted by Gasteiger charge is 2.28. The van der Waals surface area contributed by atoms with Crippen molar-refractivity contribution in [2.45, 2.75) is 18.9 Å². The van der Waals surface area contributed by atoms with Crippen molar-refractivity contribution in [3.05, 3.63) is 0 Å². The number of nitrogens with one attached hydrogen (secondary N) is 3. The second-order valence-corrected chi connectivity index (χ2v) is 3.43. The molecule has 1 atom stereocenters. The van der Waals surface area contributed by atoms with Gasteiger partial charge in [0, 0.05) is 7.05 Å². The molecule has 14 heavy (non-hydrogen) atoms. The van der Waals surface area contributed by atoms with Crippen LogP contribution in [0.25, 0.3) is 0 Å². The summed E-state index contributed by atoms with van der Waals surface area (Å²) in [5, 5.41) is 8.21. The van der Waals surface area contributed by atoms with Gasteiger partial charge in [0.15, 0.2) is 0 Å². The summed E-state index contributed by atoms with van der Waals surface area (Å²) in [5.74, 6) is 0.0814. The number of amides is 2. The average molecular weight is 198 g/mol. The molecule has 3 N–H and O–H groups in total. The number of carbonyl (C=O) groups is 1. The summed E-state index contributed by atoms with van der Waals surface area (Å²) in [6, 6.07) is -0.431. The molecule has 0 aliphatic carbocycles. The van der Waals surface area contributed by atoms with Gasteiger partial charge < -0.3 is 16.0 Å². The van der Waals surface area contributed by atoms with Gasteiger partial charge in [0.2, 0.25) is 5.91 Å². The molecule has 1 unspecified atom stereocenters. The van der Waals surface area contributed by atoms with Crippen LogP contribution in [0, 0.1) is 5.92 Å². The zero-order valence-electron chi connectivity index (χ0n) is 8.30. The van der Waals surface area contributed by atoms with Gasteiger partial charge in [-0.05, 0) is 31.8 Å². The monoisotopic (exact) mass is 198 g/mol. The van der Waals surface area contributed by atoms with Crippen molar-refractivity contribution in [3.8, 4) is 0 Å². The molecule has 1 heterocycles. The molecule has 0 aromatic carbocycles. The first-order valence-corrected chi connectivity index (χ1v) is 4.84. The van der Waals surface area contributed by atoms with Crippen molar-refractivity contribution < 1.29 is 9.59 Å². The molecule has 0 aromatic heterocycles. The maximum Gasteiger partial charge on any atom is 0.309 e. The van der Waals surface area contributed by atoms with E-state index >= 15 is 0 Å². The fourth-order valence-electron chi connectivity index (χ4n) is 1.79. The van der Waals surface area contributed by atoms with Crippen molar-refractivity contribution in [1.29, 1.82) is 0 Å². The molecular weight excluding hydrogens is 182 g/mol. The number of hydrogen-bond acceptors (Lipinski definition) is 3. The molecule has 0 spiro atoms. The molecule has 0 bridgehead atoms. The molecule has 0 aromatic rings. The molecule has 5 nitrogen and oxygen atoms in total. The van der Waals surface area contributed by atoms with Gasteiger partial charge in [-0.3, -0.25) is 9.59 Å². The lowest BCUT2D eigenvalue weighted by Gasteiger charge is -2.28. The molecule has 1 radical (unpaired) electrons. The van der Waals surface area contributed by atoms with E-state index in [2.05, 4.69) is 16.0 Å². The zero-order valence-corrected chi connectivity index (χ0v) is 8.30. The average Bonchev–Trinajstić information content (AvgIpc) is 2.26. The predicted molar refractivity (Wildman–Crippen MR) is 52.3 cm³/mol. The second-order valence-electron chi connectivity index (χ2n) is 3.43. The van der Waals surface area contributed by atoms with Crippen LogP contribution in [-0.4, -0.2) is 38.5 Å². The van der Waals surface area contributed by atoms with Crippen LogP contribution < -0.4 is 16.0 Å². The molecule has 79 valence electrons. The lowest BCUT2D eigenvalue weighted by atomic mass is 9.90. The van der Waals surface area contributed by atoms with Crippen molar-refractivity contribution in [3.63, 3.8) is 0 Å². The van der Waals surface area contributed by atoms with Crippen LogP contribution in [0.15, 0.2) is 0 Å². The van der Waals surface area contributed by atoms with Crippen LogP contribution in [0.5, 0.6) is 0 Å². The third-order valence-corrected chi connectivity index (χ3v) is 2.60. The molecule has 1 fully saturated rings. The number of carbonyl (C=O) groups excluding carboxylic acids is 2. The summed E-state index contributed by atoms with van der Waals surface area (Å²) < 4.78 is 0. The minimum Gasteiger partial charge on any atom is -0.357 e. The van der Waals surface area contributed by atoms with Crippen LogP contribution in [-0.2, 0) is 9.59 Å². The maximum absolute atomic E-state index is 11.4. The topological polar surface area (TPSA) is 70.2 Å². The second kappa shape index (κ2) is 5.59. The Balaban J connectivity index is 2.55. The summed E-state index contributed by atoms with van der Waals surface area (Å²) in [6.07, 6.45) is 3.42. The number of piperidine rings is 1. The van der Waals surface area contributed by atoms with E-state index in [-0.39, 0.29) is 11.8 Å². The highest BCUT2D eigenvalue weighted by Crippen LogP contribution is 2.16. The number of hydrogen-bond donors (Lipinski definition) is 3. The molecule has 1 aliphatic heterocycles. The number of rotatable bonds is 4. The molecule has 5 heteroatoms. The predicted octanol–water partition coefficient (Wildman–Crippen LogP) is -1.24. The van der Waals surface area contributed by atoms with E-state index in [0.29, 0.717) is 0 Å². The minimum absolute atomic E-state index is 0.139. The Morgan fingerprint density at radius 2 is 2.14 bits per heavy atom. The van der Waals surface area contributed by atoms with Gasteiger partial charge in [0.05, 0.1) is 0 Å². The van der Waals surface area contributed by atoms with Crippen LogP contribution >= 0.6 is 0 Å². The molecule has 0 saturated carbocycles. The smallest absolute Gasteiger partial charge is 0.309 e. The first kappa shape index (κ1) is 11.0. The fraction of sp³-hybridized carbons (Fsp3) is 0.778. The van der Waals surface area contributed by atoms with E-state index in [4.69, 9.17) is 0 Å².